The number of rotatable bonds is 9. The van der Waals surface area contributed by atoms with E-state index in [1.165, 1.54) is 55.6 Å². The van der Waals surface area contributed by atoms with E-state index in [-0.39, 0.29) is 0 Å². The second kappa shape index (κ2) is 17.0. The van der Waals surface area contributed by atoms with E-state index < -0.39 is 0 Å². The van der Waals surface area contributed by atoms with Crippen LogP contribution in [0, 0.1) is 13.8 Å². The summed E-state index contributed by atoms with van der Waals surface area (Å²) in [6.45, 7) is 4.32. The maximum atomic E-state index is 5.23. The molecule has 0 spiro atoms. The lowest BCUT2D eigenvalue weighted by Crippen LogP contribution is -2.31. The van der Waals surface area contributed by atoms with Crippen LogP contribution in [-0.4, -0.2) is 4.98 Å². The first kappa shape index (κ1) is 38.3. The number of nitrogens with zero attached hydrogens (tertiary/aromatic N) is 2. The summed E-state index contributed by atoms with van der Waals surface area (Å²) in [6, 6.07) is 81.1. The molecule has 1 heterocycles. The Bertz CT molecular complexity index is 2960. The fourth-order valence-electron chi connectivity index (χ4n) is 8.39. The minimum Gasteiger partial charge on any atom is -0.235 e. The maximum absolute atomic E-state index is 5.23. The van der Waals surface area contributed by atoms with E-state index >= 15 is 0 Å². The molecule has 0 saturated carbocycles. The van der Waals surface area contributed by atoms with Gasteiger partial charge in [0.25, 0.3) is 0 Å². The molecule has 0 amide bonds. The Morgan fingerprint density at radius 2 is 0.548 bits per heavy atom. The Morgan fingerprint density at radius 3 is 0.903 bits per heavy atom. The van der Waals surface area contributed by atoms with Crippen LogP contribution in [-0.2, 0) is 0 Å². The SMILES string of the molecule is Cc1cccc(-c2cc(-c3ccccc3)cc(-c3cc(-c4cc(-c5ccccc5)cc(-c5cccc(C)c5)c4)cc(-[n+]4cc(-c5ccccc5)nc(-c5ccccc5)c4)c3)c2)c1. The van der Waals surface area contributed by atoms with Crippen molar-refractivity contribution in [3.05, 3.63) is 248 Å². The minimum atomic E-state index is 0.902. The van der Waals surface area contributed by atoms with Crippen LogP contribution in [0.3, 0.4) is 0 Å². The quantitative estimate of drug-likeness (QED) is 0.133. The molecule has 0 fully saturated rings. The van der Waals surface area contributed by atoms with Gasteiger partial charge >= 0.3 is 0 Å². The van der Waals surface area contributed by atoms with Gasteiger partial charge in [-0.2, -0.15) is 4.57 Å². The highest BCUT2D eigenvalue weighted by Crippen LogP contribution is 2.38. The number of hydrogen-bond donors (Lipinski definition) is 0. The summed E-state index contributed by atoms with van der Waals surface area (Å²) < 4.78 is 2.26. The highest BCUT2D eigenvalue weighted by Gasteiger charge is 2.20. The van der Waals surface area contributed by atoms with Crippen molar-refractivity contribution < 1.29 is 4.57 Å². The fraction of sp³-hybridized carbons (Fsp3) is 0.0333. The van der Waals surface area contributed by atoms with Crippen molar-refractivity contribution in [1.29, 1.82) is 0 Å². The molecule has 0 bridgehead atoms. The zero-order valence-corrected chi connectivity index (χ0v) is 34.9. The molecular formula is C60H45N2+. The summed E-state index contributed by atoms with van der Waals surface area (Å²) in [5, 5.41) is 0. The van der Waals surface area contributed by atoms with Crippen LogP contribution in [0.5, 0.6) is 0 Å². The standard InChI is InChI=1S/C60H45N2/c1-42-17-15-27-48(29-42)52-31-50(44-19-7-3-8-20-44)33-54(35-52)56-37-57(55-34-51(45-21-9-4-10-22-45)32-53(36-55)49-28-16-18-43(2)30-49)39-58(38-56)62-40-59(46-23-11-5-12-24-46)61-60(41-62)47-25-13-6-14-26-47/h3-41H,1-2H3/q+1. The Labute approximate surface area is 364 Å². The molecule has 0 aliphatic rings. The third kappa shape index (κ3) is 8.28. The molecule has 2 heteroatoms. The molecule has 2 nitrogen and oxygen atoms in total. The summed E-state index contributed by atoms with van der Waals surface area (Å²) >= 11 is 0. The van der Waals surface area contributed by atoms with Gasteiger partial charge < -0.3 is 0 Å². The number of aryl methyl sites for hydroxylation is 2. The molecule has 0 saturated heterocycles. The molecule has 0 unspecified atom stereocenters. The molecule has 0 atom stereocenters. The first-order chi connectivity index (χ1) is 30.5. The summed E-state index contributed by atoms with van der Waals surface area (Å²) in [6.07, 6.45) is 4.34. The van der Waals surface area contributed by atoms with Gasteiger partial charge in [0.2, 0.25) is 18.1 Å². The predicted octanol–water partition coefficient (Wildman–Crippen LogP) is 15.3. The third-order valence-electron chi connectivity index (χ3n) is 11.6. The molecule has 1 aromatic heterocycles. The normalized spacial score (nSPS) is 11.1. The molecule has 0 radical (unpaired) electrons. The molecule has 0 aliphatic heterocycles. The van der Waals surface area contributed by atoms with Gasteiger partial charge in [0.1, 0.15) is 11.4 Å². The fourth-order valence-corrected chi connectivity index (χ4v) is 8.39. The summed E-state index contributed by atoms with van der Waals surface area (Å²) in [5.74, 6) is 0. The summed E-state index contributed by atoms with van der Waals surface area (Å²) in [7, 11) is 0. The van der Waals surface area contributed by atoms with Crippen molar-refractivity contribution in [1.82, 2.24) is 4.98 Å². The average molecular weight is 794 g/mol. The largest absolute Gasteiger partial charge is 0.235 e. The maximum Gasteiger partial charge on any atom is 0.212 e. The van der Waals surface area contributed by atoms with E-state index in [1.807, 2.05) is 0 Å². The zero-order chi connectivity index (χ0) is 41.8. The predicted molar refractivity (Wildman–Crippen MR) is 259 cm³/mol. The van der Waals surface area contributed by atoms with E-state index in [4.69, 9.17) is 4.98 Å². The van der Waals surface area contributed by atoms with Gasteiger partial charge in [-0.3, -0.25) is 0 Å². The van der Waals surface area contributed by atoms with Crippen molar-refractivity contribution in [3.63, 3.8) is 0 Å². The Hall–Kier alpha value is -7.94. The molecular weight excluding hydrogens is 749 g/mol. The van der Waals surface area contributed by atoms with Crippen LogP contribution in [0.4, 0.5) is 0 Å². The molecule has 9 aromatic carbocycles. The molecule has 0 N–H and O–H groups in total. The minimum absolute atomic E-state index is 0.902. The first-order valence-electron chi connectivity index (χ1n) is 21.2. The highest BCUT2D eigenvalue weighted by atomic mass is 15.0. The van der Waals surface area contributed by atoms with E-state index in [2.05, 4.69) is 255 Å². The second-order valence-electron chi connectivity index (χ2n) is 16.1. The number of aromatic nitrogens is 2. The van der Waals surface area contributed by atoms with Crippen LogP contribution in [0.15, 0.2) is 237 Å². The summed E-state index contributed by atoms with van der Waals surface area (Å²) in [5.41, 5.74) is 21.4. The van der Waals surface area contributed by atoms with Crippen LogP contribution >= 0.6 is 0 Å². The third-order valence-corrected chi connectivity index (χ3v) is 11.6. The first-order valence-corrected chi connectivity index (χ1v) is 21.2. The lowest BCUT2D eigenvalue weighted by Gasteiger charge is -2.15. The Morgan fingerprint density at radius 1 is 0.258 bits per heavy atom. The van der Waals surface area contributed by atoms with Crippen molar-refractivity contribution in [2.45, 2.75) is 13.8 Å². The van der Waals surface area contributed by atoms with Crippen molar-refractivity contribution in [2.24, 2.45) is 0 Å². The monoisotopic (exact) mass is 793 g/mol. The second-order valence-corrected chi connectivity index (χ2v) is 16.1. The van der Waals surface area contributed by atoms with Gasteiger partial charge in [-0.15, -0.1) is 0 Å². The number of hydrogen-bond acceptors (Lipinski definition) is 1. The molecule has 10 aromatic rings. The van der Waals surface area contributed by atoms with Gasteiger partial charge in [-0.25, -0.2) is 4.98 Å². The Balaban J connectivity index is 1.25. The molecule has 0 aliphatic carbocycles. The van der Waals surface area contributed by atoms with Gasteiger partial charge in [0.15, 0.2) is 0 Å². The topological polar surface area (TPSA) is 16.8 Å². The van der Waals surface area contributed by atoms with Crippen LogP contribution in [0.1, 0.15) is 11.1 Å². The lowest BCUT2D eigenvalue weighted by atomic mass is 9.89. The van der Waals surface area contributed by atoms with Gasteiger partial charge in [0.05, 0.1) is 0 Å². The van der Waals surface area contributed by atoms with Crippen LogP contribution in [0.25, 0.3) is 95.0 Å². The van der Waals surface area contributed by atoms with E-state index in [1.54, 1.807) is 0 Å². The number of benzene rings is 9. The van der Waals surface area contributed by atoms with Crippen molar-refractivity contribution in [2.75, 3.05) is 0 Å². The van der Waals surface area contributed by atoms with Crippen molar-refractivity contribution in [3.8, 4) is 95.0 Å². The van der Waals surface area contributed by atoms with Gasteiger partial charge in [-0.05, 0) is 123 Å². The zero-order valence-electron chi connectivity index (χ0n) is 34.9. The van der Waals surface area contributed by atoms with E-state index in [0.717, 1.165) is 50.5 Å². The van der Waals surface area contributed by atoms with Gasteiger partial charge in [0, 0.05) is 23.3 Å². The summed E-state index contributed by atoms with van der Waals surface area (Å²) in [4.78, 5) is 5.23. The lowest BCUT2D eigenvalue weighted by molar-refractivity contribution is -0.595. The van der Waals surface area contributed by atoms with Gasteiger partial charge in [-0.1, -0.05) is 181 Å². The van der Waals surface area contributed by atoms with Crippen LogP contribution in [0.2, 0.25) is 0 Å². The van der Waals surface area contributed by atoms with E-state index in [9.17, 15) is 0 Å². The van der Waals surface area contributed by atoms with Crippen molar-refractivity contribution >= 4 is 0 Å². The molecule has 10 rings (SSSR count). The smallest absolute Gasteiger partial charge is 0.212 e. The average Bonchev–Trinajstić information content (AvgIpc) is 3.34. The highest BCUT2D eigenvalue weighted by molar-refractivity contribution is 5.86. The Kier molecular flexibility index (Phi) is 10.5. The van der Waals surface area contributed by atoms with Crippen LogP contribution < -0.4 is 4.57 Å². The molecule has 62 heavy (non-hydrogen) atoms. The molecule has 294 valence electrons. The van der Waals surface area contributed by atoms with E-state index in [0.29, 0.717) is 0 Å².